The minimum atomic E-state index is -0.159. The number of carbonyl (C=O) groups is 1. The molecule has 0 saturated carbocycles. The highest BCUT2D eigenvalue weighted by molar-refractivity contribution is 5.76. The van der Waals surface area contributed by atoms with Gasteiger partial charge in [-0.1, -0.05) is 25.1 Å². The van der Waals surface area contributed by atoms with Crippen LogP contribution in [0.25, 0.3) is 11.0 Å². The van der Waals surface area contributed by atoms with Gasteiger partial charge in [-0.2, -0.15) is 4.98 Å². The molecule has 0 spiro atoms. The van der Waals surface area contributed by atoms with Crippen LogP contribution in [0.3, 0.4) is 0 Å². The van der Waals surface area contributed by atoms with Crippen molar-refractivity contribution in [2.45, 2.75) is 46.6 Å². The molecule has 3 rings (SSSR count). The Labute approximate surface area is 158 Å². The summed E-state index contributed by atoms with van der Waals surface area (Å²) in [4.78, 5) is 26.3. The van der Waals surface area contributed by atoms with Crippen molar-refractivity contribution in [1.29, 1.82) is 0 Å². The lowest BCUT2D eigenvalue weighted by Crippen LogP contribution is -2.40. The summed E-state index contributed by atoms with van der Waals surface area (Å²) in [6, 6.07) is 5.96. The molecule has 2 heterocycles. The lowest BCUT2D eigenvalue weighted by atomic mass is 10.2. The topological polar surface area (TPSA) is 99.9 Å². The summed E-state index contributed by atoms with van der Waals surface area (Å²) in [5, 5.41) is 6.73. The second-order valence-corrected chi connectivity index (χ2v) is 6.89. The summed E-state index contributed by atoms with van der Waals surface area (Å²) in [7, 11) is 0. The molecule has 0 fully saturated rings. The van der Waals surface area contributed by atoms with Crippen LogP contribution in [0.15, 0.2) is 22.7 Å². The van der Waals surface area contributed by atoms with Gasteiger partial charge in [0.25, 0.3) is 0 Å². The van der Waals surface area contributed by atoms with Crippen LogP contribution in [-0.4, -0.2) is 44.1 Å². The number of aryl methyl sites for hydroxylation is 1. The predicted octanol–water partition coefficient (Wildman–Crippen LogP) is 3.15. The van der Waals surface area contributed by atoms with E-state index in [0.29, 0.717) is 31.2 Å². The molecule has 1 aromatic carbocycles. The van der Waals surface area contributed by atoms with Gasteiger partial charge >= 0.3 is 6.03 Å². The third-order valence-corrected chi connectivity index (χ3v) is 4.36. The van der Waals surface area contributed by atoms with Crippen molar-refractivity contribution in [1.82, 2.24) is 30.3 Å². The summed E-state index contributed by atoms with van der Waals surface area (Å²) >= 11 is 0. The van der Waals surface area contributed by atoms with E-state index in [-0.39, 0.29) is 18.5 Å². The first-order valence-corrected chi connectivity index (χ1v) is 9.26. The number of aromatic nitrogens is 4. The van der Waals surface area contributed by atoms with E-state index in [9.17, 15) is 4.79 Å². The molecule has 8 heteroatoms. The normalized spacial score (nSPS) is 11.3. The molecular weight excluding hydrogens is 344 g/mol. The van der Waals surface area contributed by atoms with E-state index in [1.807, 2.05) is 32.9 Å². The van der Waals surface area contributed by atoms with Gasteiger partial charge in [-0.05, 0) is 31.5 Å². The molecular formula is C19H26N6O2. The molecule has 0 aliphatic rings. The summed E-state index contributed by atoms with van der Waals surface area (Å²) in [5.74, 6) is 2.13. The fraction of sp³-hybridized carbons (Fsp3) is 0.474. The Hall–Kier alpha value is -2.90. The van der Waals surface area contributed by atoms with E-state index in [1.165, 1.54) is 5.56 Å². The molecule has 0 unspecified atom stereocenters. The Morgan fingerprint density at radius 2 is 2.15 bits per heavy atom. The molecule has 0 radical (unpaired) electrons. The lowest BCUT2D eigenvalue weighted by Gasteiger charge is -2.20. The van der Waals surface area contributed by atoms with Crippen LogP contribution in [0.1, 0.15) is 49.8 Å². The second kappa shape index (κ2) is 8.20. The third-order valence-electron chi connectivity index (χ3n) is 4.36. The maximum Gasteiger partial charge on any atom is 0.317 e. The molecule has 0 bridgehead atoms. The SMILES string of the molecule is CCN(CCc1nc2ccc(C)cc2[nH]1)C(=O)NCc1nc(C(C)C)no1. The number of hydrogen-bond donors (Lipinski definition) is 2. The van der Waals surface area contributed by atoms with Crippen LogP contribution < -0.4 is 5.32 Å². The Bertz CT molecular complexity index is 914. The zero-order chi connectivity index (χ0) is 19.4. The number of aromatic amines is 1. The van der Waals surface area contributed by atoms with Crippen molar-refractivity contribution >= 4 is 17.1 Å². The number of imidazole rings is 1. The minimum Gasteiger partial charge on any atom is -0.342 e. The van der Waals surface area contributed by atoms with Gasteiger partial charge in [0.1, 0.15) is 5.82 Å². The number of benzene rings is 1. The molecule has 0 atom stereocenters. The molecule has 8 nitrogen and oxygen atoms in total. The molecule has 0 aliphatic heterocycles. The summed E-state index contributed by atoms with van der Waals surface area (Å²) in [5.41, 5.74) is 3.16. The Morgan fingerprint density at radius 3 is 2.85 bits per heavy atom. The number of urea groups is 1. The van der Waals surface area contributed by atoms with E-state index in [1.54, 1.807) is 4.90 Å². The van der Waals surface area contributed by atoms with Crippen LogP contribution in [0.2, 0.25) is 0 Å². The quantitative estimate of drug-likeness (QED) is 0.665. The summed E-state index contributed by atoms with van der Waals surface area (Å²) in [6.45, 7) is 9.38. The number of nitrogens with zero attached hydrogens (tertiary/aromatic N) is 4. The van der Waals surface area contributed by atoms with Crippen LogP contribution in [-0.2, 0) is 13.0 Å². The summed E-state index contributed by atoms with van der Waals surface area (Å²) < 4.78 is 5.15. The smallest absolute Gasteiger partial charge is 0.317 e. The molecule has 3 aromatic rings. The van der Waals surface area contributed by atoms with Crippen molar-refractivity contribution < 1.29 is 9.32 Å². The number of hydrogen-bond acceptors (Lipinski definition) is 5. The Kier molecular flexibility index (Phi) is 5.73. The average molecular weight is 370 g/mol. The highest BCUT2D eigenvalue weighted by atomic mass is 16.5. The first-order valence-electron chi connectivity index (χ1n) is 9.26. The molecule has 2 N–H and O–H groups in total. The van der Waals surface area contributed by atoms with Gasteiger partial charge in [0.05, 0.1) is 17.6 Å². The number of H-pyrrole nitrogens is 1. The predicted molar refractivity (Wildman–Crippen MR) is 102 cm³/mol. The van der Waals surface area contributed by atoms with Gasteiger partial charge in [-0.15, -0.1) is 0 Å². The van der Waals surface area contributed by atoms with Crippen molar-refractivity contribution in [2.75, 3.05) is 13.1 Å². The third kappa shape index (κ3) is 4.64. The number of rotatable bonds is 7. The Morgan fingerprint density at radius 1 is 1.33 bits per heavy atom. The van der Waals surface area contributed by atoms with Crippen molar-refractivity contribution in [3.05, 3.63) is 41.3 Å². The zero-order valence-corrected chi connectivity index (χ0v) is 16.2. The maximum atomic E-state index is 12.4. The van der Waals surface area contributed by atoms with Crippen molar-refractivity contribution in [3.8, 4) is 0 Å². The van der Waals surface area contributed by atoms with Gasteiger partial charge < -0.3 is 19.7 Å². The first-order chi connectivity index (χ1) is 13.0. The van der Waals surface area contributed by atoms with E-state index < -0.39 is 0 Å². The second-order valence-electron chi connectivity index (χ2n) is 6.89. The molecule has 144 valence electrons. The molecule has 2 aromatic heterocycles. The zero-order valence-electron chi connectivity index (χ0n) is 16.2. The van der Waals surface area contributed by atoms with E-state index in [2.05, 4.69) is 38.4 Å². The van der Waals surface area contributed by atoms with Crippen molar-refractivity contribution in [3.63, 3.8) is 0 Å². The number of likely N-dealkylation sites (N-methyl/N-ethyl adjacent to an activating group) is 1. The van der Waals surface area contributed by atoms with Crippen LogP contribution >= 0.6 is 0 Å². The van der Waals surface area contributed by atoms with Gasteiger partial charge in [0, 0.05) is 25.4 Å². The van der Waals surface area contributed by atoms with Gasteiger partial charge in [-0.3, -0.25) is 0 Å². The molecule has 0 aliphatic carbocycles. The maximum absolute atomic E-state index is 12.4. The van der Waals surface area contributed by atoms with Gasteiger partial charge in [0.15, 0.2) is 5.82 Å². The molecule has 2 amide bonds. The first kappa shape index (κ1) is 18.9. The van der Waals surface area contributed by atoms with Gasteiger partial charge in [-0.25, -0.2) is 9.78 Å². The van der Waals surface area contributed by atoms with E-state index >= 15 is 0 Å². The van der Waals surface area contributed by atoms with Crippen LogP contribution in [0.4, 0.5) is 4.79 Å². The molecule has 0 saturated heterocycles. The van der Waals surface area contributed by atoms with E-state index in [4.69, 9.17) is 4.52 Å². The monoisotopic (exact) mass is 370 g/mol. The fourth-order valence-corrected chi connectivity index (χ4v) is 2.78. The van der Waals surface area contributed by atoms with Gasteiger partial charge in [0.2, 0.25) is 5.89 Å². The van der Waals surface area contributed by atoms with Crippen LogP contribution in [0, 0.1) is 6.92 Å². The summed E-state index contributed by atoms with van der Waals surface area (Å²) in [6.07, 6.45) is 0.660. The standard InChI is InChI=1S/C19H26N6O2/c1-5-25(19(26)20-11-17-23-18(12(2)3)24-27-17)9-8-16-21-14-7-6-13(4)10-15(14)22-16/h6-7,10,12H,5,8-9,11H2,1-4H3,(H,20,26)(H,21,22). The number of carbonyl (C=O) groups excluding carboxylic acids is 1. The fourth-order valence-electron chi connectivity index (χ4n) is 2.78. The number of nitrogens with one attached hydrogen (secondary N) is 2. The molecule has 27 heavy (non-hydrogen) atoms. The number of fused-ring (bicyclic) bond motifs is 1. The number of amides is 2. The highest BCUT2D eigenvalue weighted by Crippen LogP contribution is 2.14. The average Bonchev–Trinajstić information content (AvgIpc) is 3.26. The highest BCUT2D eigenvalue weighted by Gasteiger charge is 2.15. The lowest BCUT2D eigenvalue weighted by molar-refractivity contribution is 0.198. The van der Waals surface area contributed by atoms with Crippen LogP contribution in [0.5, 0.6) is 0 Å². The van der Waals surface area contributed by atoms with E-state index in [0.717, 1.165) is 16.9 Å². The minimum absolute atomic E-state index is 0.159. The Balaban J connectivity index is 1.54. The largest absolute Gasteiger partial charge is 0.342 e. The van der Waals surface area contributed by atoms with Crippen molar-refractivity contribution in [2.24, 2.45) is 0 Å².